The number of rotatable bonds is 6. The lowest BCUT2D eigenvalue weighted by atomic mass is 10.1. The van der Waals surface area contributed by atoms with Crippen LogP contribution in [0.25, 0.3) is 10.2 Å². The molecule has 1 aliphatic heterocycles. The van der Waals surface area contributed by atoms with Crippen molar-refractivity contribution in [1.29, 1.82) is 0 Å². The van der Waals surface area contributed by atoms with Crippen LogP contribution in [-0.4, -0.2) is 47.9 Å². The molecule has 4 rings (SSSR count). The Labute approximate surface area is 193 Å². The number of nitrogens with one attached hydrogen (secondary N) is 1. The van der Waals surface area contributed by atoms with Crippen molar-refractivity contribution >= 4 is 44.2 Å². The van der Waals surface area contributed by atoms with E-state index in [1.54, 1.807) is 0 Å². The molecular weight excluding hydrogens is 420 g/mol. The first-order valence-corrected chi connectivity index (χ1v) is 12.0. The molecule has 1 saturated heterocycles. The summed E-state index contributed by atoms with van der Waals surface area (Å²) in [6.07, 6.45) is 1.68. The van der Waals surface area contributed by atoms with Crippen molar-refractivity contribution in [2.75, 3.05) is 36.4 Å². The molecule has 168 valence electrons. The van der Waals surface area contributed by atoms with Gasteiger partial charge in [-0.3, -0.25) is 9.59 Å². The molecule has 1 aliphatic rings. The Morgan fingerprint density at radius 1 is 1.09 bits per heavy atom. The molecule has 7 heteroatoms. The average molecular weight is 451 g/mol. The van der Waals surface area contributed by atoms with E-state index < -0.39 is 0 Å². The Hall–Kier alpha value is -2.93. The van der Waals surface area contributed by atoms with E-state index in [0.717, 1.165) is 48.4 Å². The molecule has 0 radical (unpaired) electrons. The highest BCUT2D eigenvalue weighted by Crippen LogP contribution is 2.28. The second-order valence-corrected chi connectivity index (χ2v) is 9.41. The molecule has 0 atom stereocenters. The van der Waals surface area contributed by atoms with E-state index in [4.69, 9.17) is 0 Å². The van der Waals surface area contributed by atoms with Gasteiger partial charge in [-0.1, -0.05) is 36.5 Å². The molecule has 32 heavy (non-hydrogen) atoms. The van der Waals surface area contributed by atoms with E-state index in [0.29, 0.717) is 18.0 Å². The second kappa shape index (κ2) is 9.69. The lowest BCUT2D eigenvalue weighted by molar-refractivity contribution is -0.130. The van der Waals surface area contributed by atoms with Crippen LogP contribution in [0.2, 0.25) is 0 Å². The minimum absolute atomic E-state index is 0.0121. The number of benzene rings is 2. The van der Waals surface area contributed by atoms with Gasteiger partial charge in [0.05, 0.1) is 16.6 Å². The molecule has 0 unspecified atom stereocenters. The van der Waals surface area contributed by atoms with Crippen LogP contribution in [0.15, 0.2) is 36.4 Å². The van der Waals surface area contributed by atoms with Crippen molar-refractivity contribution < 1.29 is 9.59 Å². The zero-order chi connectivity index (χ0) is 22.7. The number of hydrogen-bond donors (Lipinski definition) is 1. The fourth-order valence-electron chi connectivity index (χ4n) is 4.10. The molecule has 3 aromatic rings. The van der Waals surface area contributed by atoms with E-state index in [1.807, 2.05) is 30.0 Å². The van der Waals surface area contributed by atoms with Gasteiger partial charge in [-0.2, -0.15) is 0 Å². The molecule has 0 spiro atoms. The van der Waals surface area contributed by atoms with E-state index in [2.05, 4.69) is 47.2 Å². The van der Waals surface area contributed by atoms with Crippen LogP contribution in [-0.2, 0) is 16.0 Å². The Morgan fingerprint density at radius 2 is 1.88 bits per heavy atom. The summed E-state index contributed by atoms with van der Waals surface area (Å²) in [5, 5.41) is 3.47. The molecular formula is C25H30N4O2S. The Morgan fingerprint density at radius 3 is 2.62 bits per heavy atom. The topological polar surface area (TPSA) is 65.5 Å². The number of nitrogens with zero attached hydrogens (tertiary/aromatic N) is 3. The van der Waals surface area contributed by atoms with Crippen LogP contribution in [0.4, 0.5) is 10.8 Å². The Kier molecular flexibility index (Phi) is 6.74. The maximum Gasteiger partial charge on any atom is 0.227 e. The van der Waals surface area contributed by atoms with Crippen LogP contribution < -0.4 is 10.2 Å². The van der Waals surface area contributed by atoms with Crippen LogP contribution in [0, 0.1) is 13.8 Å². The van der Waals surface area contributed by atoms with Gasteiger partial charge in [-0.25, -0.2) is 4.98 Å². The maximum atomic E-state index is 12.9. The molecule has 6 nitrogen and oxygen atoms in total. The lowest BCUT2D eigenvalue weighted by Gasteiger charge is -2.37. The summed E-state index contributed by atoms with van der Waals surface area (Å²) in [5.74, 6) is 0.146. The van der Waals surface area contributed by atoms with Crippen LogP contribution in [0.1, 0.15) is 36.5 Å². The van der Waals surface area contributed by atoms with Crippen molar-refractivity contribution in [1.82, 2.24) is 9.88 Å². The second-order valence-electron chi connectivity index (χ2n) is 8.38. The van der Waals surface area contributed by atoms with E-state index in [-0.39, 0.29) is 11.8 Å². The highest BCUT2D eigenvalue weighted by Gasteiger charge is 2.22. The van der Waals surface area contributed by atoms with Crippen molar-refractivity contribution in [3.63, 3.8) is 0 Å². The molecule has 0 bridgehead atoms. The van der Waals surface area contributed by atoms with Crippen LogP contribution in [0.3, 0.4) is 0 Å². The SMILES string of the molecule is CCCC(=O)Nc1nc2ccc(CC(=O)N3CCN(c4cccc(C)c4C)CC3)cc2s1. The number of anilines is 2. The third-order valence-corrected chi connectivity index (χ3v) is 7.01. The molecule has 2 amide bonds. The van der Waals surface area contributed by atoms with E-state index in [1.165, 1.54) is 28.2 Å². The summed E-state index contributed by atoms with van der Waals surface area (Å²) in [6, 6.07) is 12.3. The average Bonchev–Trinajstić information content (AvgIpc) is 3.17. The minimum Gasteiger partial charge on any atom is -0.368 e. The van der Waals surface area contributed by atoms with Crippen molar-refractivity contribution in [2.45, 2.75) is 40.0 Å². The predicted molar refractivity (Wildman–Crippen MR) is 132 cm³/mol. The Bertz CT molecular complexity index is 1130. The quantitative estimate of drug-likeness (QED) is 0.599. The summed E-state index contributed by atoms with van der Waals surface area (Å²) in [6.45, 7) is 9.46. The first-order valence-electron chi connectivity index (χ1n) is 11.2. The minimum atomic E-state index is -0.0121. The summed E-state index contributed by atoms with van der Waals surface area (Å²) < 4.78 is 0.988. The standard InChI is InChI=1S/C25H30N4O2S/c1-4-6-23(30)27-25-26-20-10-9-19(15-22(20)32-25)16-24(31)29-13-11-28(12-14-29)21-8-5-7-17(2)18(21)3/h5,7-10,15H,4,6,11-14,16H2,1-3H3,(H,26,27,30). The van der Waals surface area contributed by atoms with Crippen LogP contribution >= 0.6 is 11.3 Å². The normalized spacial score (nSPS) is 14.1. The molecule has 1 aromatic heterocycles. The fraction of sp³-hybridized carbons (Fsp3) is 0.400. The number of fused-ring (bicyclic) bond motifs is 1. The van der Waals surface area contributed by atoms with Gasteiger partial charge in [0, 0.05) is 38.3 Å². The van der Waals surface area contributed by atoms with Crippen molar-refractivity contribution in [3.8, 4) is 0 Å². The zero-order valence-electron chi connectivity index (χ0n) is 19.0. The summed E-state index contributed by atoms with van der Waals surface area (Å²) >= 11 is 1.45. The number of carbonyl (C=O) groups excluding carboxylic acids is 2. The van der Waals surface area contributed by atoms with Gasteiger partial charge in [0.2, 0.25) is 11.8 Å². The van der Waals surface area contributed by atoms with Gasteiger partial charge in [0.25, 0.3) is 0 Å². The zero-order valence-corrected chi connectivity index (χ0v) is 19.8. The largest absolute Gasteiger partial charge is 0.368 e. The van der Waals surface area contributed by atoms with Gasteiger partial charge in [-0.05, 0) is 55.2 Å². The number of aromatic nitrogens is 1. The summed E-state index contributed by atoms with van der Waals surface area (Å²) in [4.78, 5) is 33.6. The number of hydrogen-bond acceptors (Lipinski definition) is 5. The molecule has 1 N–H and O–H groups in total. The number of aryl methyl sites for hydroxylation is 1. The van der Waals surface area contributed by atoms with Crippen molar-refractivity contribution in [3.05, 3.63) is 53.1 Å². The molecule has 2 heterocycles. The molecule has 0 saturated carbocycles. The third-order valence-electron chi connectivity index (χ3n) is 6.08. The summed E-state index contributed by atoms with van der Waals surface area (Å²) in [7, 11) is 0. The first kappa shape index (κ1) is 22.3. The van der Waals surface area contributed by atoms with Gasteiger partial charge in [0.15, 0.2) is 5.13 Å². The van der Waals surface area contributed by atoms with Gasteiger partial charge in [-0.15, -0.1) is 0 Å². The molecule has 2 aromatic carbocycles. The highest BCUT2D eigenvalue weighted by molar-refractivity contribution is 7.22. The Balaban J connectivity index is 1.36. The van der Waals surface area contributed by atoms with E-state index >= 15 is 0 Å². The monoisotopic (exact) mass is 450 g/mol. The number of carbonyl (C=O) groups is 2. The highest BCUT2D eigenvalue weighted by atomic mass is 32.1. The van der Waals surface area contributed by atoms with Gasteiger partial charge < -0.3 is 15.1 Å². The molecule has 0 aliphatic carbocycles. The number of amides is 2. The first-order chi connectivity index (χ1) is 15.4. The number of thiazole rings is 1. The van der Waals surface area contributed by atoms with Crippen molar-refractivity contribution in [2.24, 2.45) is 0 Å². The lowest BCUT2D eigenvalue weighted by Crippen LogP contribution is -2.49. The molecule has 1 fully saturated rings. The van der Waals surface area contributed by atoms with Crippen LogP contribution in [0.5, 0.6) is 0 Å². The van der Waals surface area contributed by atoms with Gasteiger partial charge in [0.1, 0.15) is 0 Å². The third kappa shape index (κ3) is 4.93. The smallest absolute Gasteiger partial charge is 0.227 e. The number of piperazine rings is 1. The predicted octanol–water partition coefficient (Wildman–Crippen LogP) is 4.54. The maximum absolute atomic E-state index is 12.9. The van der Waals surface area contributed by atoms with E-state index in [9.17, 15) is 9.59 Å². The summed E-state index contributed by atoms with van der Waals surface area (Å²) in [5.41, 5.74) is 5.71. The fourth-order valence-corrected chi connectivity index (χ4v) is 5.05. The van der Waals surface area contributed by atoms with Gasteiger partial charge >= 0.3 is 0 Å².